The first kappa shape index (κ1) is 8.53. The summed E-state index contributed by atoms with van der Waals surface area (Å²) in [6, 6.07) is 0. The highest BCUT2D eigenvalue weighted by Crippen LogP contribution is 2.31. The normalized spacial score (nSPS) is 38.5. The summed E-state index contributed by atoms with van der Waals surface area (Å²) in [4.78, 5) is 10.7. The minimum Gasteiger partial charge on any atom is -0.481 e. The van der Waals surface area contributed by atoms with Gasteiger partial charge >= 0.3 is 5.97 Å². The second-order valence-corrected chi connectivity index (χ2v) is 3.64. The molecule has 0 aromatic carbocycles. The highest BCUT2D eigenvalue weighted by Gasteiger charge is 2.37. The molecule has 0 saturated heterocycles. The number of aliphatic carboxylic acids is 1. The second kappa shape index (κ2) is 2.81. The first-order valence-electron chi connectivity index (χ1n) is 4.06. The Morgan fingerprint density at radius 3 is 2.64 bits per heavy atom. The van der Waals surface area contributed by atoms with Crippen molar-refractivity contribution in [1.82, 2.24) is 0 Å². The molecule has 0 amide bonds. The summed E-state index contributed by atoms with van der Waals surface area (Å²) in [5, 5.41) is 8.79. The molecule has 0 bridgehead atoms. The first-order valence-corrected chi connectivity index (χ1v) is 4.06. The van der Waals surface area contributed by atoms with E-state index in [0.717, 1.165) is 25.7 Å². The van der Waals surface area contributed by atoms with E-state index in [9.17, 15) is 4.79 Å². The Labute approximate surface area is 66.6 Å². The number of nitrogens with two attached hydrogens (primary N) is 1. The lowest BCUT2D eigenvalue weighted by Gasteiger charge is -2.35. The van der Waals surface area contributed by atoms with Crippen molar-refractivity contribution in [2.75, 3.05) is 0 Å². The monoisotopic (exact) mass is 157 g/mol. The van der Waals surface area contributed by atoms with Crippen molar-refractivity contribution in [3.63, 3.8) is 0 Å². The topological polar surface area (TPSA) is 63.3 Å². The molecule has 1 rings (SSSR count). The van der Waals surface area contributed by atoms with Crippen LogP contribution in [0.15, 0.2) is 0 Å². The van der Waals surface area contributed by atoms with E-state index in [2.05, 4.69) is 0 Å². The lowest BCUT2D eigenvalue weighted by molar-refractivity contribution is -0.145. The van der Waals surface area contributed by atoms with Gasteiger partial charge in [-0.25, -0.2) is 0 Å². The zero-order chi connectivity index (χ0) is 8.48. The Balaban J connectivity index is 2.67. The SMILES string of the molecule is C[C@@]1(N)CCCC[C@H]1C(=O)O. The van der Waals surface area contributed by atoms with Crippen molar-refractivity contribution >= 4 is 5.97 Å². The quantitative estimate of drug-likeness (QED) is 0.596. The standard InChI is InChI=1S/C8H15NO2/c1-8(9)5-3-2-4-6(8)7(10)11/h6H,2-5,9H2,1H3,(H,10,11)/t6-,8+/m0/s1. The van der Waals surface area contributed by atoms with Gasteiger partial charge in [0.1, 0.15) is 0 Å². The maximum absolute atomic E-state index is 10.7. The van der Waals surface area contributed by atoms with Crippen LogP contribution in [0.4, 0.5) is 0 Å². The van der Waals surface area contributed by atoms with Crippen LogP contribution in [0.25, 0.3) is 0 Å². The zero-order valence-electron chi connectivity index (χ0n) is 6.84. The molecule has 0 radical (unpaired) electrons. The number of carboxylic acids is 1. The van der Waals surface area contributed by atoms with Gasteiger partial charge in [0.25, 0.3) is 0 Å². The van der Waals surface area contributed by atoms with Crippen molar-refractivity contribution in [2.24, 2.45) is 11.7 Å². The van der Waals surface area contributed by atoms with Crippen molar-refractivity contribution < 1.29 is 9.90 Å². The largest absolute Gasteiger partial charge is 0.481 e. The molecule has 11 heavy (non-hydrogen) atoms. The molecular weight excluding hydrogens is 142 g/mol. The maximum atomic E-state index is 10.7. The van der Waals surface area contributed by atoms with Crippen LogP contribution in [-0.4, -0.2) is 16.6 Å². The fourth-order valence-corrected chi connectivity index (χ4v) is 1.76. The molecule has 1 fully saturated rings. The van der Waals surface area contributed by atoms with E-state index in [1.54, 1.807) is 0 Å². The smallest absolute Gasteiger partial charge is 0.308 e. The van der Waals surface area contributed by atoms with Gasteiger partial charge in [0.2, 0.25) is 0 Å². The summed E-state index contributed by atoms with van der Waals surface area (Å²) in [7, 11) is 0. The third-order valence-electron chi connectivity index (χ3n) is 2.55. The van der Waals surface area contributed by atoms with E-state index in [1.165, 1.54) is 0 Å². The molecule has 0 aliphatic heterocycles. The molecule has 1 aliphatic rings. The average molecular weight is 157 g/mol. The summed E-state index contributed by atoms with van der Waals surface area (Å²) >= 11 is 0. The molecule has 3 heteroatoms. The van der Waals surface area contributed by atoms with Gasteiger partial charge in [0.05, 0.1) is 5.92 Å². The molecule has 0 unspecified atom stereocenters. The maximum Gasteiger partial charge on any atom is 0.308 e. The van der Waals surface area contributed by atoms with Crippen LogP contribution in [0.5, 0.6) is 0 Å². The number of rotatable bonds is 1. The molecule has 64 valence electrons. The Morgan fingerprint density at radius 2 is 2.27 bits per heavy atom. The zero-order valence-corrected chi connectivity index (χ0v) is 6.84. The number of hydrogen-bond donors (Lipinski definition) is 2. The van der Waals surface area contributed by atoms with Crippen LogP contribution in [0.2, 0.25) is 0 Å². The van der Waals surface area contributed by atoms with E-state index < -0.39 is 11.5 Å². The van der Waals surface area contributed by atoms with Crippen molar-refractivity contribution in [3.8, 4) is 0 Å². The van der Waals surface area contributed by atoms with Gasteiger partial charge < -0.3 is 10.8 Å². The predicted molar refractivity (Wildman–Crippen MR) is 42.2 cm³/mol. The fraction of sp³-hybridized carbons (Fsp3) is 0.875. The second-order valence-electron chi connectivity index (χ2n) is 3.64. The van der Waals surface area contributed by atoms with Crippen LogP contribution in [0.3, 0.4) is 0 Å². The minimum atomic E-state index is -0.741. The van der Waals surface area contributed by atoms with Crippen molar-refractivity contribution in [1.29, 1.82) is 0 Å². The third kappa shape index (κ3) is 1.71. The molecule has 0 aromatic rings. The van der Waals surface area contributed by atoms with Gasteiger partial charge in [0, 0.05) is 5.54 Å². The molecule has 0 aromatic heterocycles. The molecule has 3 nitrogen and oxygen atoms in total. The summed E-state index contributed by atoms with van der Waals surface area (Å²) in [5.41, 5.74) is 5.36. The third-order valence-corrected chi connectivity index (χ3v) is 2.55. The Kier molecular flexibility index (Phi) is 2.18. The van der Waals surface area contributed by atoms with Crippen LogP contribution < -0.4 is 5.73 Å². The Morgan fingerprint density at radius 1 is 1.64 bits per heavy atom. The van der Waals surface area contributed by atoms with E-state index in [1.807, 2.05) is 6.92 Å². The van der Waals surface area contributed by atoms with E-state index in [4.69, 9.17) is 10.8 Å². The highest BCUT2D eigenvalue weighted by molar-refractivity contribution is 5.71. The number of carbonyl (C=O) groups is 1. The molecule has 1 saturated carbocycles. The number of carboxylic acid groups (broad SMARTS) is 1. The molecular formula is C8H15NO2. The van der Waals surface area contributed by atoms with Gasteiger partial charge in [0.15, 0.2) is 0 Å². The Hall–Kier alpha value is -0.570. The van der Waals surface area contributed by atoms with Crippen molar-refractivity contribution in [2.45, 2.75) is 38.1 Å². The van der Waals surface area contributed by atoms with Crippen molar-refractivity contribution in [3.05, 3.63) is 0 Å². The summed E-state index contributed by atoms with van der Waals surface area (Å²) in [6.07, 6.45) is 3.65. The van der Waals surface area contributed by atoms with Crippen LogP contribution in [0.1, 0.15) is 32.6 Å². The lowest BCUT2D eigenvalue weighted by Crippen LogP contribution is -2.49. The Bertz CT molecular complexity index is 165. The van der Waals surface area contributed by atoms with Crippen LogP contribution in [-0.2, 0) is 4.79 Å². The van der Waals surface area contributed by atoms with E-state index in [0.29, 0.717) is 0 Å². The fourth-order valence-electron chi connectivity index (χ4n) is 1.76. The summed E-state index contributed by atoms with van der Waals surface area (Å²) in [5.74, 6) is -1.08. The molecule has 0 heterocycles. The predicted octanol–water partition coefficient (Wildman–Crippen LogP) is 0.979. The highest BCUT2D eigenvalue weighted by atomic mass is 16.4. The minimum absolute atomic E-state index is 0.337. The summed E-state index contributed by atoms with van der Waals surface area (Å²) < 4.78 is 0. The molecule has 2 atom stereocenters. The average Bonchev–Trinajstić information content (AvgIpc) is 1.85. The van der Waals surface area contributed by atoms with Gasteiger partial charge in [-0.05, 0) is 19.8 Å². The summed E-state index contributed by atoms with van der Waals surface area (Å²) in [6.45, 7) is 1.84. The van der Waals surface area contributed by atoms with Crippen LogP contribution >= 0.6 is 0 Å². The van der Waals surface area contributed by atoms with Gasteiger partial charge in [-0.3, -0.25) is 4.79 Å². The lowest BCUT2D eigenvalue weighted by atomic mass is 9.75. The molecule has 3 N–H and O–H groups in total. The molecule has 0 spiro atoms. The van der Waals surface area contributed by atoms with Gasteiger partial charge in [-0.15, -0.1) is 0 Å². The van der Waals surface area contributed by atoms with Gasteiger partial charge in [-0.1, -0.05) is 12.8 Å². The van der Waals surface area contributed by atoms with E-state index >= 15 is 0 Å². The van der Waals surface area contributed by atoms with Gasteiger partial charge in [-0.2, -0.15) is 0 Å². The van der Waals surface area contributed by atoms with E-state index in [-0.39, 0.29) is 5.92 Å². The van der Waals surface area contributed by atoms with Crippen LogP contribution in [0, 0.1) is 5.92 Å². The first-order chi connectivity index (χ1) is 5.04. The molecule has 1 aliphatic carbocycles. The number of hydrogen-bond acceptors (Lipinski definition) is 2.